The molecule has 0 aliphatic carbocycles. The molecule has 2 rings (SSSR count). The van der Waals surface area contributed by atoms with E-state index in [0.717, 1.165) is 13.0 Å². The van der Waals surface area contributed by atoms with Gasteiger partial charge in [0.1, 0.15) is 6.04 Å². The van der Waals surface area contributed by atoms with Crippen molar-refractivity contribution in [1.82, 2.24) is 14.9 Å². The predicted molar refractivity (Wildman–Crippen MR) is 73.2 cm³/mol. The Morgan fingerprint density at radius 2 is 2.11 bits per heavy atom. The summed E-state index contributed by atoms with van der Waals surface area (Å²) >= 11 is 0. The number of piperazine rings is 1. The Morgan fingerprint density at radius 3 is 2.79 bits per heavy atom. The molecular formula is C12H23N3O3S. The van der Waals surface area contributed by atoms with Crippen LogP contribution in [-0.4, -0.2) is 56.1 Å². The maximum Gasteiger partial charge on any atom is 0.238 e. The van der Waals surface area contributed by atoms with Crippen molar-refractivity contribution in [3.63, 3.8) is 0 Å². The highest BCUT2D eigenvalue weighted by Gasteiger charge is 2.34. The first-order valence-electron chi connectivity index (χ1n) is 7.01. The van der Waals surface area contributed by atoms with Crippen LogP contribution in [0.15, 0.2) is 0 Å². The van der Waals surface area contributed by atoms with Gasteiger partial charge in [0.2, 0.25) is 15.9 Å². The Kier molecular flexibility index (Phi) is 4.81. The van der Waals surface area contributed by atoms with Crippen molar-refractivity contribution >= 4 is 15.9 Å². The van der Waals surface area contributed by atoms with Crippen LogP contribution in [0.5, 0.6) is 0 Å². The average molecular weight is 289 g/mol. The fraction of sp³-hybridized carbons (Fsp3) is 0.917. The fourth-order valence-corrected chi connectivity index (χ4v) is 4.48. The Balaban J connectivity index is 1.91. The minimum atomic E-state index is -3.33. The van der Waals surface area contributed by atoms with Gasteiger partial charge in [0, 0.05) is 19.1 Å². The molecule has 7 heteroatoms. The van der Waals surface area contributed by atoms with Gasteiger partial charge in [0.25, 0.3) is 0 Å². The van der Waals surface area contributed by atoms with Crippen LogP contribution in [0.4, 0.5) is 0 Å². The third-order valence-electron chi connectivity index (χ3n) is 3.94. The lowest BCUT2D eigenvalue weighted by molar-refractivity contribution is -0.126. The highest BCUT2D eigenvalue weighted by Crippen LogP contribution is 2.15. The highest BCUT2D eigenvalue weighted by molar-refractivity contribution is 7.89. The van der Waals surface area contributed by atoms with E-state index in [0.29, 0.717) is 25.6 Å². The average Bonchev–Trinajstić information content (AvgIpc) is 2.41. The van der Waals surface area contributed by atoms with Crippen molar-refractivity contribution < 1.29 is 13.2 Å². The third-order valence-corrected chi connectivity index (χ3v) is 5.90. The van der Waals surface area contributed by atoms with E-state index in [4.69, 9.17) is 0 Å². The normalized spacial score (nSPS) is 30.1. The molecule has 6 nitrogen and oxygen atoms in total. The van der Waals surface area contributed by atoms with Crippen LogP contribution in [0.3, 0.4) is 0 Å². The van der Waals surface area contributed by atoms with Gasteiger partial charge < -0.3 is 10.6 Å². The zero-order valence-corrected chi connectivity index (χ0v) is 12.2. The van der Waals surface area contributed by atoms with Gasteiger partial charge in [-0.25, -0.2) is 8.42 Å². The van der Waals surface area contributed by atoms with E-state index in [1.807, 2.05) is 0 Å². The fourth-order valence-electron chi connectivity index (χ4n) is 2.72. The number of rotatable bonds is 4. The van der Waals surface area contributed by atoms with Gasteiger partial charge >= 0.3 is 0 Å². The summed E-state index contributed by atoms with van der Waals surface area (Å²) in [4.78, 5) is 11.5. The van der Waals surface area contributed by atoms with E-state index < -0.39 is 16.1 Å². The molecule has 2 unspecified atom stereocenters. The number of hydrogen-bond donors (Lipinski definition) is 2. The predicted octanol–water partition coefficient (Wildman–Crippen LogP) is -0.331. The number of carbonyl (C=O) groups excluding carboxylic acids is 1. The van der Waals surface area contributed by atoms with Crippen LogP contribution in [0.2, 0.25) is 0 Å². The standard InChI is InChI=1S/C12H23N3O3S/c1-10-12(16)14-7-8-15(10)19(17,18)9-5-11-4-2-3-6-13-11/h10-11,13H,2-9H2,1H3,(H,14,16). The Bertz CT molecular complexity index is 418. The Hall–Kier alpha value is -0.660. The molecule has 2 aliphatic rings. The van der Waals surface area contributed by atoms with Gasteiger partial charge in [0.15, 0.2) is 0 Å². The minimum Gasteiger partial charge on any atom is -0.353 e. The molecule has 0 aromatic rings. The van der Waals surface area contributed by atoms with Gasteiger partial charge in [-0.05, 0) is 32.7 Å². The zero-order valence-electron chi connectivity index (χ0n) is 11.4. The molecule has 2 atom stereocenters. The van der Waals surface area contributed by atoms with Crippen LogP contribution in [0.1, 0.15) is 32.6 Å². The van der Waals surface area contributed by atoms with Gasteiger partial charge in [-0.3, -0.25) is 4.79 Å². The second-order valence-corrected chi connectivity index (χ2v) is 7.37. The Labute approximate surface area is 115 Å². The lowest BCUT2D eigenvalue weighted by atomic mass is 10.0. The summed E-state index contributed by atoms with van der Waals surface area (Å²) in [5.74, 6) is -0.0759. The number of nitrogens with one attached hydrogen (secondary N) is 2. The molecule has 0 radical (unpaired) electrons. The maximum absolute atomic E-state index is 12.3. The summed E-state index contributed by atoms with van der Waals surface area (Å²) in [7, 11) is -3.33. The van der Waals surface area contributed by atoms with Crippen molar-refractivity contribution in [3.05, 3.63) is 0 Å². The first-order valence-corrected chi connectivity index (χ1v) is 8.62. The van der Waals surface area contributed by atoms with E-state index in [-0.39, 0.29) is 11.7 Å². The monoisotopic (exact) mass is 289 g/mol. The molecule has 0 spiro atoms. The largest absolute Gasteiger partial charge is 0.353 e. The van der Waals surface area contributed by atoms with Crippen LogP contribution in [0, 0.1) is 0 Å². The first-order chi connectivity index (χ1) is 9.00. The lowest BCUT2D eigenvalue weighted by Gasteiger charge is -2.32. The zero-order chi connectivity index (χ0) is 13.9. The van der Waals surface area contributed by atoms with Crippen molar-refractivity contribution in [2.45, 2.75) is 44.7 Å². The molecule has 19 heavy (non-hydrogen) atoms. The van der Waals surface area contributed by atoms with Gasteiger partial charge in [0.05, 0.1) is 5.75 Å². The molecule has 1 amide bonds. The molecule has 2 N–H and O–H groups in total. The topological polar surface area (TPSA) is 78.5 Å². The summed E-state index contributed by atoms with van der Waals surface area (Å²) in [6.07, 6.45) is 4.02. The second kappa shape index (κ2) is 6.19. The Morgan fingerprint density at radius 1 is 1.32 bits per heavy atom. The quantitative estimate of drug-likeness (QED) is 0.743. The number of nitrogens with zero attached hydrogens (tertiary/aromatic N) is 1. The van der Waals surface area contributed by atoms with Crippen molar-refractivity contribution in [1.29, 1.82) is 0 Å². The van der Waals surface area contributed by atoms with Gasteiger partial charge in [-0.2, -0.15) is 4.31 Å². The molecule has 2 fully saturated rings. The van der Waals surface area contributed by atoms with E-state index in [9.17, 15) is 13.2 Å². The molecule has 0 bridgehead atoms. The second-order valence-electron chi connectivity index (χ2n) is 5.33. The molecule has 0 saturated carbocycles. The van der Waals surface area contributed by atoms with Crippen LogP contribution in [0.25, 0.3) is 0 Å². The summed E-state index contributed by atoms with van der Waals surface area (Å²) in [6.45, 7) is 3.41. The summed E-state index contributed by atoms with van der Waals surface area (Å²) in [5.41, 5.74) is 0. The summed E-state index contributed by atoms with van der Waals surface area (Å²) in [6, 6.07) is -0.282. The minimum absolute atomic E-state index is 0.127. The number of sulfonamides is 1. The van der Waals surface area contributed by atoms with Crippen molar-refractivity contribution in [2.75, 3.05) is 25.4 Å². The molecule has 0 aromatic heterocycles. The van der Waals surface area contributed by atoms with Gasteiger partial charge in [-0.15, -0.1) is 0 Å². The molecule has 2 saturated heterocycles. The number of hydrogen-bond acceptors (Lipinski definition) is 4. The van der Waals surface area contributed by atoms with Crippen LogP contribution >= 0.6 is 0 Å². The molecule has 0 aromatic carbocycles. The van der Waals surface area contributed by atoms with E-state index in [1.54, 1.807) is 6.92 Å². The van der Waals surface area contributed by atoms with Crippen LogP contribution in [-0.2, 0) is 14.8 Å². The summed E-state index contributed by atoms with van der Waals surface area (Å²) < 4.78 is 25.9. The molecule has 110 valence electrons. The molecule has 2 aliphatic heterocycles. The van der Waals surface area contributed by atoms with Gasteiger partial charge in [-0.1, -0.05) is 6.42 Å². The lowest BCUT2D eigenvalue weighted by Crippen LogP contribution is -2.56. The maximum atomic E-state index is 12.3. The number of amides is 1. The van der Waals surface area contributed by atoms with E-state index in [1.165, 1.54) is 17.1 Å². The van der Waals surface area contributed by atoms with Crippen molar-refractivity contribution in [3.8, 4) is 0 Å². The molecule has 2 heterocycles. The molecular weight excluding hydrogens is 266 g/mol. The summed E-state index contributed by atoms with van der Waals surface area (Å²) in [5, 5.41) is 6.03. The SMILES string of the molecule is CC1C(=O)NCCN1S(=O)(=O)CCC1CCCCN1. The smallest absolute Gasteiger partial charge is 0.238 e. The number of carbonyl (C=O) groups is 1. The first kappa shape index (κ1) is 14.7. The number of piperidine rings is 1. The highest BCUT2D eigenvalue weighted by atomic mass is 32.2. The van der Waals surface area contributed by atoms with Crippen LogP contribution < -0.4 is 10.6 Å². The van der Waals surface area contributed by atoms with E-state index in [2.05, 4.69) is 10.6 Å². The van der Waals surface area contributed by atoms with E-state index >= 15 is 0 Å². The van der Waals surface area contributed by atoms with Crippen molar-refractivity contribution in [2.24, 2.45) is 0 Å². The third kappa shape index (κ3) is 3.67.